The lowest BCUT2D eigenvalue weighted by atomic mass is 9.99. The molecule has 0 spiro atoms. The lowest BCUT2D eigenvalue weighted by molar-refractivity contribution is 0.256. The number of nitrogens with zero attached hydrogens (tertiary/aromatic N) is 4. The minimum absolute atomic E-state index is 0.780. The third-order valence-electron chi connectivity index (χ3n) is 7.75. The van der Waals surface area contributed by atoms with E-state index in [-0.39, 0.29) is 0 Å². The minimum atomic E-state index is 0.780. The molecule has 0 saturated heterocycles. The summed E-state index contributed by atoms with van der Waals surface area (Å²) in [4.78, 5) is 2.54. The highest BCUT2D eigenvalue weighted by Gasteiger charge is 2.19. The topological polar surface area (TPSA) is 43.2 Å². The molecule has 6 rings (SSSR count). The van der Waals surface area contributed by atoms with Crippen LogP contribution in [-0.4, -0.2) is 40.1 Å². The van der Waals surface area contributed by atoms with E-state index >= 15 is 0 Å². The largest absolute Gasteiger partial charge is 0.497 e. The van der Waals surface area contributed by atoms with Gasteiger partial charge in [0, 0.05) is 32.5 Å². The zero-order valence-corrected chi connectivity index (χ0v) is 22.7. The van der Waals surface area contributed by atoms with Gasteiger partial charge in [-0.1, -0.05) is 83.6 Å². The van der Waals surface area contributed by atoms with Crippen molar-refractivity contribution in [1.29, 1.82) is 0 Å². The van der Waals surface area contributed by atoms with Crippen LogP contribution in [0.5, 0.6) is 5.75 Å². The molecule has 0 atom stereocenters. The molecule has 0 saturated carbocycles. The highest BCUT2D eigenvalue weighted by Crippen LogP contribution is 2.25. The fourth-order valence-electron chi connectivity index (χ4n) is 5.40. The summed E-state index contributed by atoms with van der Waals surface area (Å²) in [5, 5.41) is 9.33. The van der Waals surface area contributed by atoms with E-state index in [4.69, 9.17) is 9.84 Å². The number of aryl methyl sites for hydroxylation is 1. The number of hydrogen-bond acceptors (Lipinski definition) is 4. The molecular weight excluding hydrogens is 480 g/mol. The molecule has 39 heavy (non-hydrogen) atoms. The molecule has 2 heterocycles. The second-order valence-corrected chi connectivity index (χ2v) is 10.4. The first-order valence-corrected chi connectivity index (χ1v) is 13.7. The summed E-state index contributed by atoms with van der Waals surface area (Å²) in [6.07, 6.45) is 2.77. The van der Waals surface area contributed by atoms with Crippen molar-refractivity contribution in [3.63, 3.8) is 0 Å². The number of ether oxygens (including phenoxy) is 1. The Balaban J connectivity index is 1.23. The van der Waals surface area contributed by atoms with Gasteiger partial charge in [0.25, 0.3) is 0 Å². The number of methoxy groups -OCH3 is 1. The van der Waals surface area contributed by atoms with Gasteiger partial charge in [-0.3, -0.25) is 4.90 Å². The molecule has 5 aromatic rings. The van der Waals surface area contributed by atoms with E-state index in [1.807, 2.05) is 16.8 Å². The van der Waals surface area contributed by atoms with Gasteiger partial charge >= 0.3 is 0 Å². The second kappa shape index (κ2) is 11.3. The van der Waals surface area contributed by atoms with Crippen molar-refractivity contribution in [3.05, 3.63) is 131 Å². The maximum absolute atomic E-state index is 5.31. The van der Waals surface area contributed by atoms with Crippen LogP contribution >= 0.6 is 0 Å². The fraction of sp³-hybridized carbons (Fsp3) is 0.235. The quantitative estimate of drug-likeness (QED) is 0.239. The van der Waals surface area contributed by atoms with Crippen LogP contribution < -0.4 is 4.74 Å². The van der Waals surface area contributed by atoms with Crippen LogP contribution in [0.1, 0.15) is 33.6 Å². The van der Waals surface area contributed by atoms with E-state index in [1.54, 1.807) is 7.11 Å². The van der Waals surface area contributed by atoms with E-state index < -0.39 is 0 Å². The van der Waals surface area contributed by atoms with E-state index in [1.165, 1.54) is 33.4 Å². The molecule has 1 aliphatic heterocycles. The lowest BCUT2D eigenvalue weighted by Crippen LogP contribution is -2.32. The summed E-state index contributed by atoms with van der Waals surface area (Å²) in [5.74, 6) is 0.869. The first-order chi connectivity index (χ1) is 19.2. The zero-order chi connectivity index (χ0) is 26.6. The SMILES string of the molecule is COc1ccc(-c2ccc(Cc3c(CCN4CCc5ccccc5C4)nnn3-c3ccc(C)cc3)cc2)cc1. The molecule has 0 radical (unpaired) electrons. The molecule has 1 aromatic heterocycles. The third kappa shape index (κ3) is 5.64. The number of aromatic nitrogens is 3. The van der Waals surface area contributed by atoms with Crippen LogP contribution in [0.25, 0.3) is 16.8 Å². The van der Waals surface area contributed by atoms with Gasteiger partial charge in [0.15, 0.2) is 0 Å². The standard InChI is InChI=1S/C34H34N4O/c1-25-7-15-31(16-8-25)38-34(23-26-9-11-28(12-10-26)29-13-17-32(39-2)18-14-29)33(35-36-38)20-22-37-21-19-27-5-3-4-6-30(27)24-37/h3-18H,19-24H2,1-2H3. The molecule has 5 nitrogen and oxygen atoms in total. The van der Waals surface area contributed by atoms with Crippen molar-refractivity contribution < 1.29 is 4.74 Å². The summed E-state index contributed by atoms with van der Waals surface area (Å²) < 4.78 is 7.33. The van der Waals surface area contributed by atoms with Crippen molar-refractivity contribution >= 4 is 0 Å². The van der Waals surface area contributed by atoms with Crippen molar-refractivity contribution in [3.8, 4) is 22.6 Å². The molecule has 0 aliphatic carbocycles. The number of benzene rings is 4. The minimum Gasteiger partial charge on any atom is -0.497 e. The molecular formula is C34H34N4O. The Hall–Kier alpha value is -4.22. The average Bonchev–Trinajstić information content (AvgIpc) is 3.39. The van der Waals surface area contributed by atoms with Crippen molar-refractivity contribution in [1.82, 2.24) is 19.9 Å². The predicted molar refractivity (Wildman–Crippen MR) is 156 cm³/mol. The third-order valence-corrected chi connectivity index (χ3v) is 7.75. The Bertz CT molecular complexity index is 1540. The molecule has 0 unspecified atom stereocenters. The maximum atomic E-state index is 5.31. The molecule has 1 aliphatic rings. The summed E-state index contributed by atoms with van der Waals surface area (Å²) in [7, 11) is 1.69. The molecule has 196 valence electrons. The number of rotatable bonds is 8. The van der Waals surface area contributed by atoms with Crippen LogP contribution in [0.3, 0.4) is 0 Å². The van der Waals surface area contributed by atoms with Crippen LogP contribution in [0.4, 0.5) is 0 Å². The lowest BCUT2D eigenvalue weighted by Gasteiger charge is -2.28. The predicted octanol–water partition coefficient (Wildman–Crippen LogP) is 6.44. The second-order valence-electron chi connectivity index (χ2n) is 10.4. The van der Waals surface area contributed by atoms with Gasteiger partial charge in [-0.15, -0.1) is 5.10 Å². The smallest absolute Gasteiger partial charge is 0.118 e. The number of fused-ring (bicyclic) bond motifs is 1. The first-order valence-electron chi connectivity index (χ1n) is 13.7. The molecule has 0 fully saturated rings. The van der Waals surface area contributed by atoms with Crippen LogP contribution in [0, 0.1) is 6.92 Å². The monoisotopic (exact) mass is 514 g/mol. The van der Waals surface area contributed by atoms with Crippen molar-refractivity contribution in [2.45, 2.75) is 32.7 Å². The van der Waals surface area contributed by atoms with Gasteiger partial charge in [-0.2, -0.15) is 0 Å². The maximum Gasteiger partial charge on any atom is 0.118 e. The van der Waals surface area contributed by atoms with Crippen LogP contribution in [0.2, 0.25) is 0 Å². The van der Waals surface area contributed by atoms with Crippen LogP contribution in [-0.2, 0) is 25.8 Å². The first kappa shape index (κ1) is 25.1. The average molecular weight is 515 g/mol. The van der Waals surface area contributed by atoms with E-state index in [0.29, 0.717) is 0 Å². The van der Waals surface area contributed by atoms with Gasteiger partial charge in [-0.25, -0.2) is 4.68 Å². The Morgan fingerprint density at radius 1 is 0.795 bits per heavy atom. The van der Waals surface area contributed by atoms with Gasteiger partial charge < -0.3 is 4.74 Å². The Labute approximate surface area is 230 Å². The summed E-state index contributed by atoms with van der Waals surface area (Å²) in [6.45, 7) is 5.18. The van der Waals surface area contributed by atoms with E-state index in [0.717, 1.165) is 61.7 Å². The van der Waals surface area contributed by atoms with Gasteiger partial charge in [-0.05, 0) is 65.4 Å². The van der Waals surface area contributed by atoms with Gasteiger partial charge in [0.1, 0.15) is 5.75 Å². The zero-order valence-electron chi connectivity index (χ0n) is 22.7. The molecule has 5 heteroatoms. The summed E-state index contributed by atoms with van der Waals surface area (Å²) >= 11 is 0. The highest BCUT2D eigenvalue weighted by molar-refractivity contribution is 5.64. The van der Waals surface area contributed by atoms with E-state index in [9.17, 15) is 0 Å². The summed E-state index contributed by atoms with van der Waals surface area (Å²) in [6, 6.07) is 34.4. The Morgan fingerprint density at radius 2 is 1.49 bits per heavy atom. The van der Waals surface area contributed by atoms with Crippen molar-refractivity contribution in [2.24, 2.45) is 0 Å². The van der Waals surface area contributed by atoms with Crippen LogP contribution in [0.15, 0.2) is 97.1 Å². The molecule has 0 amide bonds. The molecule has 4 aromatic carbocycles. The van der Waals surface area contributed by atoms with Gasteiger partial charge in [0.05, 0.1) is 24.2 Å². The normalized spacial score (nSPS) is 13.3. The molecule has 0 bridgehead atoms. The van der Waals surface area contributed by atoms with Gasteiger partial charge in [0.2, 0.25) is 0 Å². The van der Waals surface area contributed by atoms with Crippen molar-refractivity contribution in [2.75, 3.05) is 20.2 Å². The highest BCUT2D eigenvalue weighted by atomic mass is 16.5. The Kier molecular flexibility index (Phi) is 7.24. The number of hydrogen-bond donors (Lipinski definition) is 0. The Morgan fingerprint density at radius 3 is 2.21 bits per heavy atom. The summed E-state index contributed by atoms with van der Waals surface area (Å²) in [5.41, 5.74) is 11.1. The van der Waals surface area contributed by atoms with E-state index in [2.05, 4.69) is 102 Å². The molecule has 0 N–H and O–H groups in total. The fourth-order valence-corrected chi connectivity index (χ4v) is 5.40.